The highest BCUT2D eigenvalue weighted by Crippen LogP contribution is 2.32. The SMILES string of the molecule is Cc1nccnc1Cn1nc2c(c1Cl)CCN([C@@H]1COc3ccccc3N(C)C1)C2=O. The fourth-order valence-corrected chi connectivity index (χ4v) is 4.55. The highest BCUT2D eigenvalue weighted by atomic mass is 35.5. The molecule has 1 aromatic carbocycles. The van der Waals surface area contributed by atoms with Crippen molar-refractivity contribution in [3.63, 3.8) is 0 Å². The van der Waals surface area contributed by atoms with E-state index in [2.05, 4.69) is 20.0 Å². The van der Waals surface area contributed by atoms with Gasteiger partial charge in [0, 0.05) is 38.1 Å². The van der Waals surface area contributed by atoms with E-state index in [-0.39, 0.29) is 11.9 Å². The third-order valence-corrected chi connectivity index (χ3v) is 6.39. The minimum Gasteiger partial charge on any atom is -0.489 e. The lowest BCUT2D eigenvalue weighted by Crippen LogP contribution is -2.51. The molecule has 0 spiro atoms. The Labute approximate surface area is 185 Å². The normalized spacial score (nSPS) is 18.3. The molecule has 0 unspecified atom stereocenters. The zero-order valence-electron chi connectivity index (χ0n) is 17.5. The van der Waals surface area contributed by atoms with Gasteiger partial charge in [0.2, 0.25) is 0 Å². The molecule has 0 saturated heterocycles. The summed E-state index contributed by atoms with van der Waals surface area (Å²) < 4.78 is 7.69. The van der Waals surface area contributed by atoms with Gasteiger partial charge < -0.3 is 14.5 Å². The Morgan fingerprint density at radius 2 is 2.03 bits per heavy atom. The summed E-state index contributed by atoms with van der Waals surface area (Å²) in [7, 11) is 2.02. The lowest BCUT2D eigenvalue weighted by atomic mass is 10.0. The van der Waals surface area contributed by atoms with Gasteiger partial charge in [-0.25, -0.2) is 4.68 Å². The number of carbonyl (C=O) groups is 1. The molecule has 2 aliphatic heterocycles. The molecule has 5 rings (SSSR count). The summed E-state index contributed by atoms with van der Waals surface area (Å²) in [4.78, 5) is 26.0. The summed E-state index contributed by atoms with van der Waals surface area (Å²) in [5, 5.41) is 5.06. The molecule has 0 N–H and O–H groups in total. The van der Waals surface area contributed by atoms with Gasteiger partial charge in [0.05, 0.1) is 29.7 Å². The number of hydrogen-bond donors (Lipinski definition) is 0. The quantitative estimate of drug-likeness (QED) is 0.625. The van der Waals surface area contributed by atoms with Gasteiger partial charge in [-0.15, -0.1) is 0 Å². The molecule has 2 aliphatic rings. The summed E-state index contributed by atoms with van der Waals surface area (Å²) in [6.07, 6.45) is 3.96. The zero-order chi connectivity index (χ0) is 21.5. The number of fused-ring (bicyclic) bond motifs is 2. The van der Waals surface area contributed by atoms with Crippen LogP contribution in [0.1, 0.15) is 27.4 Å². The number of ether oxygens (including phenoxy) is 1. The number of para-hydroxylation sites is 2. The van der Waals surface area contributed by atoms with Crippen molar-refractivity contribution in [2.45, 2.75) is 25.9 Å². The van der Waals surface area contributed by atoms with Crippen molar-refractivity contribution in [3.8, 4) is 5.75 Å². The van der Waals surface area contributed by atoms with E-state index in [1.165, 1.54) is 0 Å². The lowest BCUT2D eigenvalue weighted by molar-refractivity contribution is 0.0604. The Kier molecular flexibility index (Phi) is 5.02. The van der Waals surface area contributed by atoms with Gasteiger partial charge in [-0.05, 0) is 25.5 Å². The molecule has 31 heavy (non-hydrogen) atoms. The van der Waals surface area contributed by atoms with Gasteiger partial charge >= 0.3 is 0 Å². The van der Waals surface area contributed by atoms with Crippen LogP contribution in [-0.2, 0) is 13.0 Å². The van der Waals surface area contributed by atoms with Crippen molar-refractivity contribution in [1.82, 2.24) is 24.6 Å². The van der Waals surface area contributed by atoms with E-state index in [9.17, 15) is 4.79 Å². The van der Waals surface area contributed by atoms with Gasteiger partial charge in [-0.1, -0.05) is 23.7 Å². The largest absolute Gasteiger partial charge is 0.489 e. The number of amides is 1. The van der Waals surface area contributed by atoms with Gasteiger partial charge in [0.1, 0.15) is 17.5 Å². The average molecular weight is 439 g/mol. The molecule has 1 amide bonds. The number of hydrogen-bond acceptors (Lipinski definition) is 6. The number of benzene rings is 1. The van der Waals surface area contributed by atoms with Gasteiger partial charge in [0.15, 0.2) is 5.69 Å². The van der Waals surface area contributed by atoms with Crippen LogP contribution in [-0.4, -0.2) is 63.3 Å². The molecule has 0 bridgehead atoms. The molecule has 0 saturated carbocycles. The van der Waals surface area contributed by atoms with Crippen molar-refractivity contribution in [1.29, 1.82) is 0 Å². The summed E-state index contributed by atoms with van der Waals surface area (Å²) in [6.45, 7) is 3.98. The standard InChI is InChI=1S/C22H23ClN6O2/c1-14-17(25-9-8-24-14)12-29-21(23)16-7-10-28(22(30)20(16)26-29)15-11-27(2)18-5-3-4-6-19(18)31-13-15/h3-6,8-9,15H,7,10-13H2,1-2H3/t15-/m0/s1. The summed E-state index contributed by atoms with van der Waals surface area (Å²) in [5.41, 5.74) is 3.85. The third kappa shape index (κ3) is 3.50. The lowest BCUT2D eigenvalue weighted by Gasteiger charge is -2.34. The van der Waals surface area contributed by atoms with Crippen LogP contribution >= 0.6 is 11.6 Å². The van der Waals surface area contributed by atoms with E-state index >= 15 is 0 Å². The van der Waals surface area contributed by atoms with E-state index in [1.54, 1.807) is 17.1 Å². The Hall–Kier alpha value is -3.13. The number of likely N-dealkylation sites (N-methyl/N-ethyl adjacent to an activating group) is 1. The number of aromatic nitrogens is 4. The van der Waals surface area contributed by atoms with Crippen molar-refractivity contribution in [2.24, 2.45) is 0 Å². The topological polar surface area (TPSA) is 76.4 Å². The van der Waals surface area contributed by atoms with E-state index in [4.69, 9.17) is 16.3 Å². The molecule has 4 heterocycles. The van der Waals surface area contributed by atoms with Gasteiger partial charge in [-0.3, -0.25) is 14.8 Å². The number of aryl methyl sites for hydroxylation is 1. The minimum atomic E-state index is -0.106. The van der Waals surface area contributed by atoms with Crippen LogP contribution in [0.3, 0.4) is 0 Å². The Bertz CT molecular complexity index is 1150. The zero-order valence-corrected chi connectivity index (χ0v) is 18.2. The molecular weight excluding hydrogens is 416 g/mol. The average Bonchev–Trinajstić information content (AvgIpc) is 2.99. The minimum absolute atomic E-state index is 0.0794. The first-order chi connectivity index (χ1) is 15.0. The first-order valence-corrected chi connectivity index (χ1v) is 10.7. The second kappa shape index (κ2) is 7.85. The third-order valence-electron chi connectivity index (χ3n) is 5.96. The molecule has 9 heteroatoms. The summed E-state index contributed by atoms with van der Waals surface area (Å²) in [6, 6.07) is 7.86. The molecule has 3 aromatic rings. The molecule has 0 fully saturated rings. The monoisotopic (exact) mass is 438 g/mol. The predicted octanol–water partition coefficient (Wildman–Crippen LogP) is 2.58. The van der Waals surface area contributed by atoms with E-state index in [0.717, 1.165) is 28.4 Å². The number of carbonyl (C=O) groups excluding carboxylic acids is 1. The molecule has 8 nitrogen and oxygen atoms in total. The first kappa shape index (κ1) is 19.8. The van der Waals surface area contributed by atoms with Crippen LogP contribution in [0.25, 0.3) is 0 Å². The molecule has 0 radical (unpaired) electrons. The number of rotatable bonds is 3. The highest BCUT2D eigenvalue weighted by molar-refractivity contribution is 6.31. The van der Waals surface area contributed by atoms with Crippen LogP contribution in [0, 0.1) is 6.92 Å². The fraction of sp³-hybridized carbons (Fsp3) is 0.364. The number of nitrogens with zero attached hydrogens (tertiary/aromatic N) is 6. The van der Waals surface area contributed by atoms with Crippen molar-refractivity contribution in [2.75, 3.05) is 31.6 Å². The molecule has 1 atom stereocenters. The molecule has 2 aromatic heterocycles. The van der Waals surface area contributed by atoms with Gasteiger partial charge in [-0.2, -0.15) is 5.10 Å². The van der Waals surface area contributed by atoms with Crippen LogP contribution in [0.4, 0.5) is 5.69 Å². The van der Waals surface area contributed by atoms with Crippen LogP contribution in [0.2, 0.25) is 5.15 Å². The van der Waals surface area contributed by atoms with Gasteiger partial charge in [0.25, 0.3) is 5.91 Å². The maximum absolute atomic E-state index is 13.4. The number of halogens is 1. The van der Waals surface area contributed by atoms with Crippen LogP contribution in [0.15, 0.2) is 36.7 Å². The van der Waals surface area contributed by atoms with Crippen molar-refractivity contribution in [3.05, 3.63) is 64.5 Å². The second-order valence-corrected chi connectivity index (χ2v) is 8.28. The Morgan fingerprint density at radius 1 is 1.23 bits per heavy atom. The second-order valence-electron chi connectivity index (χ2n) is 7.93. The van der Waals surface area contributed by atoms with E-state index in [1.807, 2.05) is 43.1 Å². The maximum atomic E-state index is 13.4. The smallest absolute Gasteiger partial charge is 0.275 e. The summed E-state index contributed by atoms with van der Waals surface area (Å²) >= 11 is 6.60. The Morgan fingerprint density at radius 3 is 2.87 bits per heavy atom. The van der Waals surface area contributed by atoms with Crippen LogP contribution in [0.5, 0.6) is 5.75 Å². The van der Waals surface area contributed by atoms with Crippen molar-refractivity contribution < 1.29 is 9.53 Å². The molecular formula is C22H23ClN6O2. The van der Waals surface area contributed by atoms with E-state index in [0.29, 0.717) is 43.5 Å². The van der Waals surface area contributed by atoms with Crippen molar-refractivity contribution >= 4 is 23.2 Å². The predicted molar refractivity (Wildman–Crippen MR) is 117 cm³/mol. The maximum Gasteiger partial charge on any atom is 0.275 e. The van der Waals surface area contributed by atoms with E-state index < -0.39 is 0 Å². The first-order valence-electron chi connectivity index (χ1n) is 10.3. The summed E-state index contributed by atoms with van der Waals surface area (Å²) in [5.74, 6) is 0.732. The molecule has 160 valence electrons. The Balaban J connectivity index is 1.39. The molecule has 0 aliphatic carbocycles. The fourth-order valence-electron chi connectivity index (χ4n) is 4.26. The number of anilines is 1. The van der Waals surface area contributed by atoms with Crippen LogP contribution < -0.4 is 9.64 Å². The highest BCUT2D eigenvalue weighted by Gasteiger charge is 2.36.